The molecule has 27 heavy (non-hydrogen) atoms. The topological polar surface area (TPSA) is 90.7 Å². The Labute approximate surface area is 162 Å². The van der Waals surface area contributed by atoms with Gasteiger partial charge in [-0.2, -0.15) is 0 Å². The maximum absolute atomic E-state index is 12.3. The van der Waals surface area contributed by atoms with Crippen molar-refractivity contribution in [1.82, 2.24) is 20.3 Å². The van der Waals surface area contributed by atoms with Gasteiger partial charge in [-0.25, -0.2) is 4.79 Å². The molecule has 2 heterocycles. The minimum atomic E-state index is -0.257. The highest BCUT2D eigenvalue weighted by Crippen LogP contribution is 2.13. The molecule has 3 rings (SSSR count). The van der Waals surface area contributed by atoms with Gasteiger partial charge in [0.15, 0.2) is 5.69 Å². The number of halogens is 1. The van der Waals surface area contributed by atoms with Crippen molar-refractivity contribution in [2.24, 2.45) is 0 Å². The summed E-state index contributed by atoms with van der Waals surface area (Å²) in [7, 11) is 0. The molecule has 3 amide bonds. The highest BCUT2D eigenvalue weighted by molar-refractivity contribution is 6.30. The van der Waals surface area contributed by atoms with E-state index in [0.29, 0.717) is 41.8 Å². The number of hydrogen-bond acceptors (Lipinski definition) is 5. The molecule has 1 aromatic heterocycles. The summed E-state index contributed by atoms with van der Waals surface area (Å²) in [6.45, 7) is 5.77. The monoisotopic (exact) mass is 391 g/mol. The van der Waals surface area contributed by atoms with Gasteiger partial charge in [0.05, 0.1) is 0 Å². The molecule has 0 unspecified atom stereocenters. The first-order valence-corrected chi connectivity index (χ1v) is 9.14. The third-order valence-electron chi connectivity index (χ3n) is 4.32. The number of anilines is 1. The van der Waals surface area contributed by atoms with Crippen molar-refractivity contribution in [2.75, 3.05) is 44.6 Å². The van der Waals surface area contributed by atoms with Gasteiger partial charge >= 0.3 is 6.03 Å². The average molecular weight is 392 g/mol. The van der Waals surface area contributed by atoms with Crippen LogP contribution in [0.25, 0.3) is 0 Å². The highest BCUT2D eigenvalue weighted by Gasteiger charge is 2.24. The minimum Gasteiger partial charge on any atom is -0.361 e. The summed E-state index contributed by atoms with van der Waals surface area (Å²) < 4.78 is 4.96. The first-order chi connectivity index (χ1) is 13.0. The van der Waals surface area contributed by atoms with Crippen LogP contribution in [0.1, 0.15) is 16.2 Å². The Hall–Kier alpha value is -2.58. The molecule has 1 aliphatic rings. The first kappa shape index (κ1) is 19.2. The van der Waals surface area contributed by atoms with E-state index in [4.69, 9.17) is 16.1 Å². The smallest absolute Gasteiger partial charge is 0.319 e. The van der Waals surface area contributed by atoms with Crippen LogP contribution >= 0.6 is 11.6 Å². The first-order valence-electron chi connectivity index (χ1n) is 8.76. The normalized spacial score (nSPS) is 14.8. The van der Waals surface area contributed by atoms with Gasteiger partial charge in [0.2, 0.25) is 0 Å². The summed E-state index contributed by atoms with van der Waals surface area (Å²) in [4.78, 5) is 28.2. The van der Waals surface area contributed by atoms with Crippen LogP contribution in [0.15, 0.2) is 34.9 Å². The van der Waals surface area contributed by atoms with Crippen molar-refractivity contribution in [3.63, 3.8) is 0 Å². The zero-order valence-corrected chi connectivity index (χ0v) is 15.8. The van der Waals surface area contributed by atoms with Crippen LogP contribution in [0.2, 0.25) is 5.02 Å². The molecule has 0 aliphatic carbocycles. The van der Waals surface area contributed by atoms with Gasteiger partial charge in [-0.1, -0.05) is 16.8 Å². The van der Waals surface area contributed by atoms with Crippen LogP contribution in [0.3, 0.4) is 0 Å². The summed E-state index contributed by atoms with van der Waals surface area (Å²) in [6.07, 6.45) is 0. The van der Waals surface area contributed by atoms with Gasteiger partial charge in [0.25, 0.3) is 5.91 Å². The van der Waals surface area contributed by atoms with Crippen LogP contribution < -0.4 is 10.6 Å². The lowest BCUT2D eigenvalue weighted by Gasteiger charge is -2.34. The molecule has 0 spiro atoms. The van der Waals surface area contributed by atoms with Gasteiger partial charge in [0.1, 0.15) is 5.76 Å². The predicted molar refractivity (Wildman–Crippen MR) is 102 cm³/mol. The number of hydrogen-bond donors (Lipinski definition) is 2. The molecule has 144 valence electrons. The molecule has 2 N–H and O–H groups in total. The summed E-state index contributed by atoms with van der Waals surface area (Å²) in [5.41, 5.74) is 1.04. The van der Waals surface area contributed by atoms with Gasteiger partial charge < -0.3 is 20.1 Å². The second-order valence-electron chi connectivity index (χ2n) is 6.34. The van der Waals surface area contributed by atoms with Crippen LogP contribution in [0.5, 0.6) is 0 Å². The Morgan fingerprint density at radius 1 is 1.19 bits per heavy atom. The van der Waals surface area contributed by atoms with E-state index in [0.717, 1.165) is 19.6 Å². The zero-order valence-electron chi connectivity index (χ0n) is 15.1. The van der Waals surface area contributed by atoms with E-state index >= 15 is 0 Å². The third-order valence-corrected chi connectivity index (χ3v) is 4.57. The second-order valence-corrected chi connectivity index (χ2v) is 6.78. The number of carbonyl (C=O) groups is 2. The van der Waals surface area contributed by atoms with E-state index < -0.39 is 0 Å². The number of aromatic nitrogens is 1. The lowest BCUT2D eigenvalue weighted by atomic mass is 10.2. The van der Waals surface area contributed by atoms with E-state index in [9.17, 15) is 9.59 Å². The number of amides is 3. The Morgan fingerprint density at radius 3 is 2.52 bits per heavy atom. The van der Waals surface area contributed by atoms with Gasteiger partial charge in [0, 0.05) is 56.0 Å². The van der Waals surface area contributed by atoms with Crippen LogP contribution in [0.4, 0.5) is 10.5 Å². The predicted octanol–water partition coefficient (Wildman–Crippen LogP) is 2.22. The molecule has 1 aliphatic heterocycles. The summed E-state index contributed by atoms with van der Waals surface area (Å²) in [5.74, 6) is 0.520. The maximum atomic E-state index is 12.3. The average Bonchev–Trinajstić information content (AvgIpc) is 3.10. The molecule has 0 bridgehead atoms. The molecular formula is C18H22ClN5O3. The molecule has 2 aromatic rings. The Balaban J connectivity index is 1.35. The number of carbonyl (C=O) groups excluding carboxylic acids is 2. The maximum Gasteiger partial charge on any atom is 0.319 e. The van der Waals surface area contributed by atoms with E-state index in [2.05, 4.69) is 20.7 Å². The molecular weight excluding hydrogens is 370 g/mol. The quantitative estimate of drug-likeness (QED) is 0.815. The number of nitrogens with zero attached hydrogens (tertiary/aromatic N) is 3. The molecule has 0 radical (unpaired) electrons. The van der Waals surface area contributed by atoms with E-state index in [1.54, 1.807) is 42.2 Å². The van der Waals surface area contributed by atoms with Crippen molar-refractivity contribution in [3.05, 3.63) is 46.8 Å². The molecule has 0 atom stereocenters. The van der Waals surface area contributed by atoms with Crippen molar-refractivity contribution in [1.29, 1.82) is 0 Å². The third kappa shape index (κ3) is 5.45. The SMILES string of the molecule is Cc1cc(C(=O)N2CCN(CCNC(=O)Nc3ccc(Cl)cc3)CC2)no1. The fourth-order valence-corrected chi connectivity index (χ4v) is 2.97. The summed E-state index contributed by atoms with van der Waals surface area (Å²) in [6, 6.07) is 8.32. The van der Waals surface area contributed by atoms with Crippen LogP contribution in [-0.2, 0) is 0 Å². The fourth-order valence-electron chi connectivity index (χ4n) is 2.84. The highest BCUT2D eigenvalue weighted by atomic mass is 35.5. The number of piperazine rings is 1. The lowest BCUT2D eigenvalue weighted by Crippen LogP contribution is -2.50. The van der Waals surface area contributed by atoms with Crippen molar-refractivity contribution in [2.45, 2.75) is 6.92 Å². The van der Waals surface area contributed by atoms with Gasteiger partial charge in [-0.05, 0) is 31.2 Å². The molecule has 1 saturated heterocycles. The standard InChI is InChI=1S/C18H22ClN5O3/c1-13-12-16(22-27-13)17(25)24-10-8-23(9-11-24)7-6-20-18(26)21-15-4-2-14(19)3-5-15/h2-5,12H,6-11H2,1H3,(H2,20,21,26). The van der Waals surface area contributed by atoms with Crippen LogP contribution in [0, 0.1) is 6.92 Å². The number of rotatable bonds is 5. The number of benzene rings is 1. The second kappa shape index (κ2) is 8.88. The summed E-state index contributed by atoms with van der Waals surface area (Å²) in [5, 5.41) is 9.98. The van der Waals surface area contributed by atoms with Gasteiger partial charge in [-0.15, -0.1) is 0 Å². The molecule has 1 aromatic carbocycles. The largest absolute Gasteiger partial charge is 0.361 e. The fraction of sp³-hybridized carbons (Fsp3) is 0.389. The molecule has 1 fully saturated rings. The molecule has 0 saturated carbocycles. The minimum absolute atomic E-state index is 0.105. The zero-order chi connectivity index (χ0) is 19.2. The number of aryl methyl sites for hydroxylation is 1. The lowest BCUT2D eigenvalue weighted by molar-refractivity contribution is 0.0629. The van der Waals surface area contributed by atoms with E-state index in [1.807, 2.05) is 0 Å². The van der Waals surface area contributed by atoms with Gasteiger partial charge in [-0.3, -0.25) is 9.69 Å². The van der Waals surface area contributed by atoms with Crippen molar-refractivity contribution in [3.8, 4) is 0 Å². The molecule has 9 heteroatoms. The number of nitrogens with one attached hydrogen (secondary N) is 2. The number of urea groups is 1. The van der Waals surface area contributed by atoms with Crippen molar-refractivity contribution < 1.29 is 14.1 Å². The Kier molecular flexibility index (Phi) is 6.31. The van der Waals surface area contributed by atoms with Crippen LogP contribution in [-0.4, -0.2) is 66.2 Å². The summed E-state index contributed by atoms with van der Waals surface area (Å²) >= 11 is 5.82. The van der Waals surface area contributed by atoms with E-state index in [-0.39, 0.29) is 11.9 Å². The van der Waals surface area contributed by atoms with Crippen molar-refractivity contribution >= 4 is 29.2 Å². The Morgan fingerprint density at radius 2 is 1.89 bits per heavy atom. The Bertz CT molecular complexity index is 785. The molecule has 8 nitrogen and oxygen atoms in total. The van der Waals surface area contributed by atoms with E-state index in [1.165, 1.54) is 0 Å².